The van der Waals surface area contributed by atoms with Gasteiger partial charge in [-0.25, -0.2) is 4.39 Å². The van der Waals surface area contributed by atoms with Gasteiger partial charge in [0, 0.05) is 18.2 Å². The minimum absolute atomic E-state index is 0.0342. The van der Waals surface area contributed by atoms with E-state index in [2.05, 4.69) is 0 Å². The molecule has 0 aliphatic carbocycles. The maximum atomic E-state index is 12.9. The maximum Gasteiger partial charge on any atom is 0.232 e. The van der Waals surface area contributed by atoms with Gasteiger partial charge in [0.25, 0.3) is 0 Å². The van der Waals surface area contributed by atoms with Gasteiger partial charge in [0.1, 0.15) is 5.82 Å². The first-order valence-electron chi connectivity index (χ1n) is 4.86. The lowest BCUT2D eigenvalue weighted by Crippen LogP contribution is -2.36. The lowest BCUT2D eigenvalue weighted by atomic mass is 9.95. The quantitative estimate of drug-likeness (QED) is 0.696. The summed E-state index contributed by atoms with van der Waals surface area (Å²) in [5.74, 6) is -0.367. The molecule has 1 aromatic rings. The van der Waals surface area contributed by atoms with Crippen molar-refractivity contribution in [1.82, 2.24) is 0 Å². The molecule has 82 valence electrons. The highest BCUT2D eigenvalue weighted by Gasteiger charge is 2.25. The molecule has 0 aliphatic rings. The molecule has 0 atom stereocenters. The van der Waals surface area contributed by atoms with Gasteiger partial charge in [0.2, 0.25) is 5.91 Å². The number of nitrogens with zero attached hydrogens (tertiary/aromatic N) is 1. The van der Waals surface area contributed by atoms with Crippen molar-refractivity contribution in [3.63, 3.8) is 0 Å². The van der Waals surface area contributed by atoms with Crippen molar-refractivity contribution >= 4 is 11.6 Å². The van der Waals surface area contributed by atoms with Gasteiger partial charge in [0.05, 0.1) is 0 Å². The first-order valence-corrected chi connectivity index (χ1v) is 4.86. The highest BCUT2D eigenvalue weighted by molar-refractivity contribution is 5.96. The lowest BCUT2D eigenvalue weighted by Gasteiger charge is -2.25. The molecule has 0 aromatic heterocycles. The molecule has 15 heavy (non-hydrogen) atoms. The fourth-order valence-corrected chi connectivity index (χ4v) is 1.31. The van der Waals surface area contributed by atoms with Gasteiger partial charge in [-0.15, -0.1) is 0 Å². The van der Waals surface area contributed by atoms with Crippen LogP contribution in [0.3, 0.4) is 0 Å². The molecule has 1 rings (SSSR count). The minimum atomic E-state index is -0.457. The van der Waals surface area contributed by atoms with Crippen molar-refractivity contribution in [2.45, 2.75) is 20.8 Å². The summed E-state index contributed by atoms with van der Waals surface area (Å²) in [5, 5.41) is 0. The van der Waals surface area contributed by atoms with Gasteiger partial charge < -0.3 is 4.90 Å². The molecule has 0 saturated heterocycles. The second-order valence-corrected chi connectivity index (χ2v) is 4.59. The van der Waals surface area contributed by atoms with E-state index in [1.807, 2.05) is 20.8 Å². The predicted octanol–water partition coefficient (Wildman–Crippen LogP) is 2.83. The molecule has 3 heteroatoms. The smallest absolute Gasteiger partial charge is 0.232 e. The third kappa shape index (κ3) is 2.78. The monoisotopic (exact) mass is 209 g/mol. The topological polar surface area (TPSA) is 20.3 Å². The van der Waals surface area contributed by atoms with Crippen molar-refractivity contribution in [1.29, 1.82) is 0 Å². The number of halogens is 1. The number of carbonyl (C=O) groups is 1. The van der Waals surface area contributed by atoms with Crippen LogP contribution in [0.2, 0.25) is 0 Å². The van der Waals surface area contributed by atoms with E-state index in [1.165, 1.54) is 17.0 Å². The molecule has 0 unspecified atom stereocenters. The third-order valence-electron chi connectivity index (χ3n) is 2.14. The molecule has 2 nitrogen and oxygen atoms in total. The molecule has 1 aromatic carbocycles. The number of rotatable bonds is 1. The van der Waals surface area contributed by atoms with Crippen molar-refractivity contribution in [3.8, 4) is 0 Å². The fourth-order valence-electron chi connectivity index (χ4n) is 1.31. The van der Waals surface area contributed by atoms with Crippen molar-refractivity contribution in [2.75, 3.05) is 11.9 Å². The highest BCUT2D eigenvalue weighted by Crippen LogP contribution is 2.22. The number of benzene rings is 1. The number of hydrogen-bond donors (Lipinski definition) is 0. The Bertz CT molecular complexity index is 368. The van der Waals surface area contributed by atoms with Gasteiger partial charge in [-0.1, -0.05) is 26.8 Å². The van der Waals surface area contributed by atoms with E-state index in [-0.39, 0.29) is 11.7 Å². The summed E-state index contributed by atoms with van der Waals surface area (Å²) >= 11 is 0. The fraction of sp³-hybridized carbons (Fsp3) is 0.417. The van der Waals surface area contributed by atoms with E-state index in [4.69, 9.17) is 0 Å². The van der Waals surface area contributed by atoms with Crippen LogP contribution in [0.25, 0.3) is 0 Å². The first-order chi connectivity index (χ1) is 6.82. The van der Waals surface area contributed by atoms with E-state index in [9.17, 15) is 9.18 Å². The van der Waals surface area contributed by atoms with E-state index in [0.29, 0.717) is 5.69 Å². The van der Waals surface area contributed by atoms with Crippen molar-refractivity contribution < 1.29 is 9.18 Å². The van der Waals surface area contributed by atoms with Gasteiger partial charge in [-0.2, -0.15) is 0 Å². The second-order valence-electron chi connectivity index (χ2n) is 4.59. The molecule has 0 heterocycles. The third-order valence-corrected chi connectivity index (χ3v) is 2.14. The summed E-state index contributed by atoms with van der Waals surface area (Å²) in [5.41, 5.74) is 0.121. The Labute approximate surface area is 89.7 Å². The normalized spacial score (nSPS) is 11.3. The molecular formula is C12H16FNO. The zero-order valence-electron chi connectivity index (χ0n) is 9.54. The second kappa shape index (κ2) is 4.01. The Hall–Kier alpha value is -1.38. The number of hydrogen-bond acceptors (Lipinski definition) is 1. The zero-order chi connectivity index (χ0) is 11.6. The predicted molar refractivity (Wildman–Crippen MR) is 59.3 cm³/mol. The van der Waals surface area contributed by atoms with E-state index < -0.39 is 5.41 Å². The summed E-state index contributed by atoms with van der Waals surface area (Å²) in [6.07, 6.45) is 0. The Morgan fingerprint density at radius 1 is 1.33 bits per heavy atom. The summed E-state index contributed by atoms with van der Waals surface area (Å²) < 4.78 is 12.9. The van der Waals surface area contributed by atoms with Crippen LogP contribution < -0.4 is 4.90 Å². The average molecular weight is 209 g/mol. The summed E-state index contributed by atoms with van der Waals surface area (Å²) in [7, 11) is 1.66. The number of carbonyl (C=O) groups excluding carboxylic acids is 1. The highest BCUT2D eigenvalue weighted by atomic mass is 19.1. The van der Waals surface area contributed by atoms with Gasteiger partial charge >= 0.3 is 0 Å². The molecule has 0 fully saturated rings. The zero-order valence-corrected chi connectivity index (χ0v) is 9.54. The van der Waals surface area contributed by atoms with Gasteiger partial charge in [-0.3, -0.25) is 4.79 Å². The summed E-state index contributed by atoms with van der Waals surface area (Å²) in [4.78, 5) is 13.4. The molecule has 1 amide bonds. The van der Waals surface area contributed by atoms with E-state index >= 15 is 0 Å². The summed E-state index contributed by atoms with van der Waals surface area (Å²) in [6.45, 7) is 5.52. The Balaban J connectivity index is 2.95. The van der Waals surface area contributed by atoms with Crippen LogP contribution in [0.1, 0.15) is 20.8 Å². The Morgan fingerprint density at radius 3 is 2.40 bits per heavy atom. The van der Waals surface area contributed by atoms with Crippen molar-refractivity contribution in [3.05, 3.63) is 30.1 Å². The van der Waals surface area contributed by atoms with Crippen LogP contribution in [0.5, 0.6) is 0 Å². The van der Waals surface area contributed by atoms with Crippen LogP contribution in [-0.4, -0.2) is 13.0 Å². The Kier molecular flexibility index (Phi) is 3.12. The van der Waals surface area contributed by atoms with Crippen LogP contribution in [0, 0.1) is 11.2 Å². The first kappa shape index (κ1) is 11.7. The van der Waals surface area contributed by atoms with Crippen LogP contribution in [0.4, 0.5) is 10.1 Å². The van der Waals surface area contributed by atoms with Crippen LogP contribution >= 0.6 is 0 Å². The van der Waals surface area contributed by atoms with E-state index in [1.54, 1.807) is 19.2 Å². The minimum Gasteiger partial charge on any atom is -0.315 e. The molecule has 0 bridgehead atoms. The molecule has 0 radical (unpaired) electrons. The van der Waals surface area contributed by atoms with E-state index in [0.717, 1.165) is 0 Å². The average Bonchev–Trinajstić information content (AvgIpc) is 2.14. The molecular weight excluding hydrogens is 193 g/mol. The Morgan fingerprint density at radius 2 is 1.93 bits per heavy atom. The maximum absolute atomic E-state index is 12.9. The largest absolute Gasteiger partial charge is 0.315 e. The van der Waals surface area contributed by atoms with Gasteiger partial charge in [-0.05, 0) is 18.2 Å². The lowest BCUT2D eigenvalue weighted by molar-refractivity contribution is -0.125. The number of anilines is 1. The van der Waals surface area contributed by atoms with Crippen LogP contribution in [-0.2, 0) is 4.79 Å². The number of amides is 1. The molecule has 0 saturated carbocycles. The molecule has 0 spiro atoms. The summed E-state index contributed by atoms with van der Waals surface area (Å²) in [6, 6.07) is 6.02. The standard InChI is InChI=1S/C12H16FNO/c1-12(2,3)11(15)14(4)10-7-5-6-9(13)8-10/h5-8H,1-4H3. The van der Waals surface area contributed by atoms with Gasteiger partial charge in [0.15, 0.2) is 0 Å². The SMILES string of the molecule is CN(C(=O)C(C)(C)C)c1cccc(F)c1. The van der Waals surface area contributed by atoms with Crippen LogP contribution in [0.15, 0.2) is 24.3 Å². The van der Waals surface area contributed by atoms with Crippen molar-refractivity contribution in [2.24, 2.45) is 5.41 Å². The molecule has 0 N–H and O–H groups in total. The molecule has 0 aliphatic heterocycles.